The molecule has 2 aromatic rings. The molecule has 0 saturated carbocycles. The van der Waals surface area contributed by atoms with Crippen LogP contribution in [0.25, 0.3) is 0 Å². The second-order valence-corrected chi connectivity index (χ2v) is 8.98. The highest BCUT2D eigenvalue weighted by Crippen LogP contribution is 2.17. The molecule has 0 unspecified atom stereocenters. The number of rotatable bonds is 6. The van der Waals surface area contributed by atoms with E-state index in [4.69, 9.17) is 0 Å². The van der Waals surface area contributed by atoms with Gasteiger partial charge in [0.1, 0.15) is 11.4 Å². The lowest BCUT2D eigenvalue weighted by atomic mass is 9.95. The van der Waals surface area contributed by atoms with E-state index in [1.54, 1.807) is 6.92 Å². The Morgan fingerprint density at radius 2 is 1.73 bits per heavy atom. The molecule has 7 heteroatoms. The van der Waals surface area contributed by atoms with Gasteiger partial charge in [-0.1, -0.05) is 51.1 Å². The molecule has 7 nitrogen and oxygen atoms in total. The van der Waals surface area contributed by atoms with E-state index in [9.17, 15) is 9.59 Å². The summed E-state index contributed by atoms with van der Waals surface area (Å²) in [4.78, 5) is 37.0. The number of aromatic nitrogens is 2. The van der Waals surface area contributed by atoms with Crippen molar-refractivity contribution < 1.29 is 4.79 Å². The highest BCUT2D eigenvalue weighted by atomic mass is 16.2. The number of amides is 1. The number of aryl methyl sites for hydroxylation is 1. The Labute approximate surface area is 178 Å². The van der Waals surface area contributed by atoms with Crippen LogP contribution in [0.2, 0.25) is 0 Å². The quantitative estimate of drug-likeness (QED) is 0.759. The first kappa shape index (κ1) is 22.2. The maximum atomic E-state index is 12.5. The van der Waals surface area contributed by atoms with Crippen molar-refractivity contribution in [3.63, 3.8) is 0 Å². The van der Waals surface area contributed by atoms with Crippen molar-refractivity contribution in [1.82, 2.24) is 25.1 Å². The minimum atomic E-state index is -0.376. The van der Waals surface area contributed by atoms with E-state index < -0.39 is 0 Å². The Kier molecular flexibility index (Phi) is 7.05. The monoisotopic (exact) mass is 411 g/mol. The zero-order valence-corrected chi connectivity index (χ0v) is 18.5. The van der Waals surface area contributed by atoms with E-state index in [1.807, 2.05) is 26.8 Å². The highest BCUT2D eigenvalue weighted by molar-refractivity contribution is 5.94. The molecular weight excluding hydrogens is 378 g/mol. The van der Waals surface area contributed by atoms with Crippen molar-refractivity contribution >= 4 is 5.91 Å². The predicted molar refractivity (Wildman–Crippen MR) is 119 cm³/mol. The van der Waals surface area contributed by atoms with Gasteiger partial charge in [0.2, 0.25) is 0 Å². The Balaban J connectivity index is 1.46. The summed E-state index contributed by atoms with van der Waals surface area (Å²) >= 11 is 0. The Morgan fingerprint density at radius 3 is 2.33 bits per heavy atom. The van der Waals surface area contributed by atoms with Gasteiger partial charge in [-0.2, -0.15) is 0 Å². The summed E-state index contributed by atoms with van der Waals surface area (Å²) in [5.41, 5.74) is 1.26. The average Bonchev–Trinajstić information content (AvgIpc) is 2.69. The third kappa shape index (κ3) is 5.77. The fourth-order valence-corrected chi connectivity index (χ4v) is 3.64. The van der Waals surface area contributed by atoms with Gasteiger partial charge in [-0.15, -0.1) is 0 Å². The average molecular weight is 412 g/mol. The van der Waals surface area contributed by atoms with E-state index >= 15 is 0 Å². The number of hydrogen-bond acceptors (Lipinski definition) is 5. The molecule has 1 saturated heterocycles. The molecule has 1 aliphatic rings. The van der Waals surface area contributed by atoms with Crippen LogP contribution in [0.4, 0.5) is 0 Å². The summed E-state index contributed by atoms with van der Waals surface area (Å²) in [7, 11) is 0. The van der Waals surface area contributed by atoms with Crippen molar-refractivity contribution in [2.75, 3.05) is 39.3 Å². The predicted octanol–water partition coefficient (Wildman–Crippen LogP) is 1.92. The van der Waals surface area contributed by atoms with E-state index in [1.165, 1.54) is 5.56 Å². The number of benzene rings is 1. The highest BCUT2D eigenvalue weighted by Gasteiger charge is 2.22. The third-order valence-electron chi connectivity index (χ3n) is 5.47. The largest absolute Gasteiger partial charge is 0.351 e. The zero-order chi connectivity index (χ0) is 21.7. The van der Waals surface area contributed by atoms with E-state index in [2.05, 4.69) is 49.4 Å². The molecule has 30 heavy (non-hydrogen) atoms. The molecule has 0 bridgehead atoms. The molecule has 0 spiro atoms. The first-order chi connectivity index (χ1) is 14.2. The van der Waals surface area contributed by atoms with Crippen LogP contribution in [0.1, 0.15) is 48.2 Å². The van der Waals surface area contributed by atoms with E-state index in [0.29, 0.717) is 18.1 Å². The molecule has 0 radical (unpaired) electrons. The minimum Gasteiger partial charge on any atom is -0.351 e. The molecule has 2 heterocycles. The van der Waals surface area contributed by atoms with Gasteiger partial charge < -0.3 is 10.3 Å². The van der Waals surface area contributed by atoms with Gasteiger partial charge >= 0.3 is 0 Å². The fraction of sp³-hybridized carbons (Fsp3) is 0.522. The number of piperazine rings is 1. The van der Waals surface area contributed by atoms with Gasteiger partial charge in [0.15, 0.2) is 0 Å². The number of carbonyl (C=O) groups excluding carboxylic acids is 1. The number of hydrogen-bond donors (Lipinski definition) is 2. The molecule has 3 rings (SSSR count). The number of H-pyrrole nitrogens is 1. The summed E-state index contributed by atoms with van der Waals surface area (Å²) in [6, 6.07) is 10.5. The normalized spacial score (nSPS) is 15.9. The van der Waals surface area contributed by atoms with Gasteiger partial charge in [-0.3, -0.25) is 19.4 Å². The van der Waals surface area contributed by atoms with Gasteiger partial charge in [0.25, 0.3) is 11.5 Å². The Hall–Kier alpha value is -2.51. The number of aromatic amines is 1. The summed E-state index contributed by atoms with van der Waals surface area (Å²) in [6.45, 7) is 13.9. The standard InChI is InChI=1S/C23H33N5O2/c1-17-19(21(30)26-22(25-17)23(2,3)4)20(29)24-10-11-27-12-14-28(15-13-27)16-18-8-6-5-7-9-18/h5-9H,10-16H2,1-4H3,(H,24,29)(H,25,26,30). The topological polar surface area (TPSA) is 81.3 Å². The van der Waals surface area contributed by atoms with Crippen LogP contribution in [0.3, 0.4) is 0 Å². The van der Waals surface area contributed by atoms with Crippen molar-refractivity contribution in [3.05, 3.63) is 63.3 Å². The Morgan fingerprint density at radius 1 is 1.10 bits per heavy atom. The molecule has 1 aromatic carbocycles. The SMILES string of the molecule is Cc1nc(C(C)(C)C)[nH]c(=O)c1C(=O)NCCN1CCN(Cc2ccccc2)CC1. The van der Waals surface area contributed by atoms with Crippen molar-refractivity contribution in [3.8, 4) is 0 Å². The van der Waals surface area contributed by atoms with E-state index in [-0.39, 0.29) is 22.4 Å². The molecule has 1 fully saturated rings. The number of carbonyl (C=O) groups is 1. The van der Waals surface area contributed by atoms with Gasteiger partial charge in [0, 0.05) is 51.2 Å². The van der Waals surface area contributed by atoms with Gasteiger partial charge in [-0.25, -0.2) is 4.98 Å². The van der Waals surface area contributed by atoms with Crippen molar-refractivity contribution in [1.29, 1.82) is 0 Å². The summed E-state index contributed by atoms with van der Waals surface area (Å²) in [5, 5.41) is 2.88. The maximum Gasteiger partial charge on any atom is 0.264 e. The molecular formula is C23H33N5O2. The van der Waals surface area contributed by atoms with Crippen LogP contribution >= 0.6 is 0 Å². The lowest BCUT2D eigenvalue weighted by Crippen LogP contribution is -2.48. The van der Waals surface area contributed by atoms with Crippen LogP contribution in [-0.2, 0) is 12.0 Å². The lowest BCUT2D eigenvalue weighted by molar-refractivity contribution is 0.0931. The lowest BCUT2D eigenvalue weighted by Gasteiger charge is -2.34. The fourth-order valence-electron chi connectivity index (χ4n) is 3.64. The summed E-state index contributed by atoms with van der Waals surface area (Å²) in [6.07, 6.45) is 0. The molecule has 0 aliphatic carbocycles. The van der Waals surface area contributed by atoms with Crippen LogP contribution in [0, 0.1) is 6.92 Å². The second kappa shape index (κ2) is 9.53. The molecule has 1 aromatic heterocycles. The Bertz CT molecular complexity index is 909. The van der Waals surface area contributed by atoms with Crippen LogP contribution in [0.5, 0.6) is 0 Å². The molecule has 0 atom stereocenters. The number of nitrogens with zero attached hydrogens (tertiary/aromatic N) is 3. The second-order valence-electron chi connectivity index (χ2n) is 8.98. The zero-order valence-electron chi connectivity index (χ0n) is 18.5. The van der Waals surface area contributed by atoms with Crippen LogP contribution in [-0.4, -0.2) is 64.9 Å². The van der Waals surface area contributed by atoms with Gasteiger partial charge in [-0.05, 0) is 12.5 Å². The number of nitrogens with one attached hydrogen (secondary N) is 2. The van der Waals surface area contributed by atoms with Crippen molar-refractivity contribution in [2.24, 2.45) is 0 Å². The van der Waals surface area contributed by atoms with E-state index in [0.717, 1.165) is 39.3 Å². The third-order valence-corrected chi connectivity index (χ3v) is 5.47. The summed E-state index contributed by atoms with van der Waals surface area (Å²) in [5.74, 6) is 0.236. The van der Waals surface area contributed by atoms with Crippen LogP contribution in [0.15, 0.2) is 35.1 Å². The minimum absolute atomic E-state index is 0.107. The molecule has 1 amide bonds. The smallest absolute Gasteiger partial charge is 0.264 e. The first-order valence-corrected chi connectivity index (χ1v) is 10.6. The maximum absolute atomic E-state index is 12.5. The molecule has 162 valence electrons. The molecule has 1 aliphatic heterocycles. The molecule has 2 N–H and O–H groups in total. The van der Waals surface area contributed by atoms with Crippen molar-refractivity contribution in [2.45, 2.75) is 39.7 Å². The van der Waals surface area contributed by atoms with Gasteiger partial charge in [0.05, 0.1) is 5.69 Å². The first-order valence-electron chi connectivity index (χ1n) is 10.6. The van der Waals surface area contributed by atoms with Crippen LogP contribution < -0.4 is 10.9 Å². The summed E-state index contributed by atoms with van der Waals surface area (Å²) < 4.78 is 0.